The van der Waals surface area contributed by atoms with E-state index >= 15 is 0 Å². The third-order valence-electron chi connectivity index (χ3n) is 3.03. The van der Waals surface area contributed by atoms with Crippen LogP contribution in [0.4, 0.5) is 19.0 Å². The van der Waals surface area contributed by atoms with E-state index in [2.05, 4.69) is 10.3 Å². The van der Waals surface area contributed by atoms with Crippen molar-refractivity contribution in [3.8, 4) is 0 Å². The maximum Gasteiger partial charge on any atom is 0.417 e. The van der Waals surface area contributed by atoms with Crippen LogP contribution in [0.25, 0.3) is 0 Å². The van der Waals surface area contributed by atoms with Crippen LogP contribution in [0, 0.1) is 0 Å². The van der Waals surface area contributed by atoms with Gasteiger partial charge in [0.15, 0.2) is 0 Å². The molecule has 0 aliphatic rings. The molecular weight excluding hydrogens is 281 g/mol. The minimum Gasteiger partial charge on any atom is -0.396 e. The van der Waals surface area contributed by atoms with Crippen molar-refractivity contribution in [2.75, 3.05) is 11.9 Å². The quantitative estimate of drug-likeness (QED) is 0.885. The highest BCUT2D eigenvalue weighted by Gasteiger charge is 2.30. The molecule has 0 aliphatic carbocycles. The average Bonchev–Trinajstić information content (AvgIpc) is 2.47. The van der Waals surface area contributed by atoms with E-state index in [-0.39, 0.29) is 12.6 Å². The summed E-state index contributed by atoms with van der Waals surface area (Å²) in [5.41, 5.74) is 0.153. The van der Waals surface area contributed by atoms with E-state index in [1.165, 1.54) is 6.07 Å². The van der Waals surface area contributed by atoms with E-state index in [0.29, 0.717) is 12.2 Å². The Kier molecular flexibility index (Phi) is 4.80. The number of nitrogens with one attached hydrogen (secondary N) is 1. The Balaban J connectivity index is 2.14. The maximum absolute atomic E-state index is 12.5. The first-order valence-corrected chi connectivity index (χ1v) is 6.46. The highest BCUT2D eigenvalue weighted by Crippen LogP contribution is 2.29. The van der Waals surface area contributed by atoms with Crippen LogP contribution in [-0.2, 0) is 6.18 Å². The van der Waals surface area contributed by atoms with Gasteiger partial charge < -0.3 is 10.4 Å². The number of nitrogens with zero attached hydrogens (tertiary/aromatic N) is 1. The summed E-state index contributed by atoms with van der Waals surface area (Å²) in [5.74, 6) is 0.338. The number of rotatable bonds is 5. The molecule has 1 aromatic carbocycles. The smallest absolute Gasteiger partial charge is 0.396 e. The monoisotopic (exact) mass is 296 g/mol. The minimum absolute atomic E-state index is 0.0345. The lowest BCUT2D eigenvalue weighted by atomic mass is 10.0. The predicted molar refractivity (Wildman–Crippen MR) is 73.7 cm³/mol. The van der Waals surface area contributed by atoms with Crippen LogP contribution in [0.5, 0.6) is 0 Å². The van der Waals surface area contributed by atoms with Gasteiger partial charge in [-0.1, -0.05) is 30.3 Å². The summed E-state index contributed by atoms with van der Waals surface area (Å²) in [6.45, 7) is -0.0345. The molecule has 0 amide bonds. The number of halogens is 3. The van der Waals surface area contributed by atoms with Crippen LogP contribution < -0.4 is 5.32 Å². The molecule has 21 heavy (non-hydrogen) atoms. The van der Waals surface area contributed by atoms with Crippen molar-refractivity contribution >= 4 is 5.82 Å². The lowest BCUT2D eigenvalue weighted by molar-refractivity contribution is -0.137. The van der Waals surface area contributed by atoms with E-state index in [0.717, 1.165) is 17.8 Å². The van der Waals surface area contributed by atoms with E-state index in [4.69, 9.17) is 5.11 Å². The van der Waals surface area contributed by atoms with Gasteiger partial charge in [-0.25, -0.2) is 4.98 Å². The van der Waals surface area contributed by atoms with E-state index in [9.17, 15) is 13.2 Å². The number of hydrogen-bond acceptors (Lipinski definition) is 3. The van der Waals surface area contributed by atoms with Crippen LogP contribution >= 0.6 is 0 Å². The first kappa shape index (κ1) is 15.3. The normalized spacial score (nSPS) is 13.0. The molecule has 1 atom stereocenters. The van der Waals surface area contributed by atoms with Crippen molar-refractivity contribution in [2.24, 2.45) is 0 Å². The molecule has 1 heterocycles. The first-order chi connectivity index (χ1) is 10.0. The van der Waals surface area contributed by atoms with Gasteiger partial charge >= 0.3 is 6.18 Å². The highest BCUT2D eigenvalue weighted by molar-refractivity contribution is 5.39. The lowest BCUT2D eigenvalue weighted by Gasteiger charge is -2.19. The number of aliphatic hydroxyl groups excluding tert-OH is 1. The van der Waals surface area contributed by atoms with E-state index in [1.54, 1.807) is 0 Å². The van der Waals surface area contributed by atoms with Crippen LogP contribution in [0.2, 0.25) is 0 Å². The summed E-state index contributed by atoms with van der Waals surface area (Å²) >= 11 is 0. The summed E-state index contributed by atoms with van der Waals surface area (Å²) in [7, 11) is 0. The second kappa shape index (κ2) is 6.58. The molecule has 1 aromatic heterocycles. The molecule has 0 unspecified atom stereocenters. The Bertz CT molecular complexity index is 555. The molecule has 0 radical (unpaired) electrons. The topological polar surface area (TPSA) is 45.1 Å². The van der Waals surface area contributed by atoms with Gasteiger partial charge in [0.25, 0.3) is 0 Å². The average molecular weight is 296 g/mol. The van der Waals surface area contributed by atoms with Gasteiger partial charge in [0, 0.05) is 12.8 Å². The number of aromatic nitrogens is 1. The van der Waals surface area contributed by atoms with E-state index < -0.39 is 11.7 Å². The molecular formula is C15H15F3N2O. The number of aliphatic hydroxyl groups is 1. The maximum atomic E-state index is 12.5. The van der Waals surface area contributed by atoms with Gasteiger partial charge in [0.2, 0.25) is 0 Å². The van der Waals surface area contributed by atoms with Crippen LogP contribution in [-0.4, -0.2) is 16.7 Å². The third-order valence-corrected chi connectivity index (χ3v) is 3.03. The molecule has 2 rings (SSSR count). The largest absolute Gasteiger partial charge is 0.417 e. The van der Waals surface area contributed by atoms with Gasteiger partial charge in [-0.15, -0.1) is 0 Å². The fourth-order valence-corrected chi connectivity index (χ4v) is 1.96. The van der Waals surface area contributed by atoms with Crippen molar-refractivity contribution < 1.29 is 18.3 Å². The Morgan fingerprint density at radius 1 is 1.10 bits per heavy atom. The fourth-order valence-electron chi connectivity index (χ4n) is 1.96. The number of benzene rings is 1. The predicted octanol–water partition coefficient (Wildman–Crippen LogP) is 3.64. The molecule has 0 saturated heterocycles. The fraction of sp³-hybridized carbons (Fsp3) is 0.267. The summed E-state index contributed by atoms with van der Waals surface area (Å²) in [6, 6.07) is 11.4. The van der Waals surface area contributed by atoms with Gasteiger partial charge in [-0.05, 0) is 24.1 Å². The Labute approximate surface area is 120 Å². The van der Waals surface area contributed by atoms with Crippen molar-refractivity contribution in [3.63, 3.8) is 0 Å². The molecule has 2 aromatic rings. The van der Waals surface area contributed by atoms with Crippen molar-refractivity contribution in [1.29, 1.82) is 0 Å². The van der Waals surface area contributed by atoms with Crippen molar-refractivity contribution in [3.05, 3.63) is 59.8 Å². The number of pyridine rings is 1. The standard InChI is InChI=1S/C15H15F3N2O/c16-15(17,18)12-6-7-14(19-10-12)20-13(8-9-21)11-4-2-1-3-5-11/h1-7,10,13,21H,8-9H2,(H,19,20)/t13-/m1/s1. The molecule has 112 valence electrons. The molecule has 0 bridgehead atoms. The van der Waals surface area contributed by atoms with E-state index in [1.807, 2.05) is 30.3 Å². The Morgan fingerprint density at radius 3 is 2.33 bits per heavy atom. The van der Waals surface area contributed by atoms with Gasteiger partial charge in [0.1, 0.15) is 5.82 Å². The first-order valence-electron chi connectivity index (χ1n) is 6.46. The second-order valence-electron chi connectivity index (χ2n) is 4.55. The molecule has 0 aliphatic heterocycles. The highest BCUT2D eigenvalue weighted by atomic mass is 19.4. The van der Waals surface area contributed by atoms with Crippen LogP contribution in [0.15, 0.2) is 48.7 Å². The number of hydrogen-bond donors (Lipinski definition) is 2. The molecule has 2 N–H and O–H groups in total. The van der Waals surface area contributed by atoms with Crippen molar-refractivity contribution in [2.45, 2.75) is 18.6 Å². The summed E-state index contributed by atoms with van der Waals surface area (Å²) in [5, 5.41) is 12.2. The van der Waals surface area contributed by atoms with Crippen molar-refractivity contribution in [1.82, 2.24) is 4.98 Å². The van der Waals surface area contributed by atoms with Crippen LogP contribution in [0.1, 0.15) is 23.6 Å². The Morgan fingerprint density at radius 2 is 1.81 bits per heavy atom. The zero-order chi connectivity index (χ0) is 15.3. The summed E-state index contributed by atoms with van der Waals surface area (Å²) < 4.78 is 37.4. The second-order valence-corrected chi connectivity index (χ2v) is 4.55. The SMILES string of the molecule is OCC[C@@H](Nc1ccc(C(F)(F)F)cn1)c1ccccc1. The third kappa shape index (κ3) is 4.19. The van der Waals surface area contributed by atoms with Crippen LogP contribution in [0.3, 0.4) is 0 Å². The molecule has 0 fully saturated rings. The van der Waals surface area contributed by atoms with Gasteiger partial charge in [0.05, 0.1) is 11.6 Å². The summed E-state index contributed by atoms with van der Waals surface area (Å²) in [6.07, 6.45) is -3.16. The summed E-state index contributed by atoms with van der Waals surface area (Å²) in [4.78, 5) is 3.78. The molecule has 6 heteroatoms. The number of alkyl halides is 3. The van der Waals surface area contributed by atoms with Gasteiger partial charge in [-0.2, -0.15) is 13.2 Å². The molecule has 0 saturated carbocycles. The lowest BCUT2D eigenvalue weighted by Crippen LogP contribution is -2.14. The molecule has 3 nitrogen and oxygen atoms in total. The zero-order valence-corrected chi connectivity index (χ0v) is 11.1. The van der Waals surface area contributed by atoms with Gasteiger partial charge in [-0.3, -0.25) is 0 Å². The zero-order valence-electron chi connectivity index (χ0n) is 11.1. The number of anilines is 1. The molecule has 0 spiro atoms. The minimum atomic E-state index is -4.39. The Hall–Kier alpha value is -2.08.